The number of carboxylic acid groups (broad SMARTS) is 1. The Bertz CT molecular complexity index is 807. The molecule has 2 aromatic rings. The summed E-state index contributed by atoms with van der Waals surface area (Å²) < 4.78 is 0. The summed E-state index contributed by atoms with van der Waals surface area (Å²) in [6.45, 7) is 1.26. The van der Waals surface area contributed by atoms with Crippen LogP contribution in [0.5, 0.6) is 0 Å². The van der Waals surface area contributed by atoms with Crippen molar-refractivity contribution in [3.05, 3.63) is 63.1 Å². The fourth-order valence-corrected chi connectivity index (χ4v) is 3.83. The summed E-state index contributed by atoms with van der Waals surface area (Å²) in [6, 6.07) is 11.0. The summed E-state index contributed by atoms with van der Waals surface area (Å²) in [4.78, 5) is 10.7. The number of anilines is 1. The molecule has 4 N–H and O–H groups in total. The molecule has 0 saturated heterocycles. The van der Waals surface area contributed by atoms with Gasteiger partial charge in [-0.2, -0.15) is 0 Å². The maximum atomic E-state index is 10.7. The molecule has 2 rings (SSSR count). The van der Waals surface area contributed by atoms with Crippen LogP contribution in [0.4, 0.5) is 5.69 Å². The number of aliphatic carboxylic acids is 1. The number of nitrogens with two attached hydrogens (primary N) is 1. The molecule has 0 aromatic heterocycles. The molecule has 164 valence electrons. The Labute approximate surface area is 188 Å². The number of nitrogens with one attached hydrogen (secondary N) is 1. The number of unbranched alkanes of at least 4 members (excludes halogenated alkanes) is 4. The van der Waals surface area contributed by atoms with E-state index in [2.05, 4.69) is 5.32 Å². The van der Waals surface area contributed by atoms with Gasteiger partial charge in [0.05, 0.1) is 21.8 Å². The molecule has 7 heteroatoms. The maximum Gasteiger partial charge on any atom is 0.0915 e. The van der Waals surface area contributed by atoms with Crippen LogP contribution in [-0.4, -0.2) is 24.2 Å². The van der Waals surface area contributed by atoms with Gasteiger partial charge in [0.2, 0.25) is 0 Å². The minimum Gasteiger partial charge on any atom is -0.550 e. The fourth-order valence-electron chi connectivity index (χ4n) is 3.32. The largest absolute Gasteiger partial charge is 0.550 e. The molecular formula is C23H29Cl2N2O3-. The second-order valence-corrected chi connectivity index (χ2v) is 8.32. The smallest absolute Gasteiger partial charge is 0.0915 e. The molecule has 30 heavy (non-hydrogen) atoms. The minimum absolute atomic E-state index is 0.0338. The molecule has 0 spiro atoms. The second-order valence-electron chi connectivity index (χ2n) is 7.50. The molecule has 2 aromatic carbocycles. The predicted molar refractivity (Wildman–Crippen MR) is 121 cm³/mol. The highest BCUT2D eigenvalue weighted by Gasteiger charge is 2.11. The maximum absolute atomic E-state index is 10.7. The number of aliphatic hydroxyl groups excluding tert-OH is 1. The van der Waals surface area contributed by atoms with E-state index in [-0.39, 0.29) is 6.42 Å². The van der Waals surface area contributed by atoms with Crippen molar-refractivity contribution < 1.29 is 15.0 Å². The number of rotatable bonds is 13. The lowest BCUT2D eigenvalue weighted by molar-refractivity contribution is -0.304. The Morgan fingerprint density at radius 3 is 2.37 bits per heavy atom. The highest BCUT2D eigenvalue weighted by Crippen LogP contribution is 2.31. The first-order chi connectivity index (χ1) is 14.4. The van der Waals surface area contributed by atoms with Crippen molar-refractivity contribution in [1.29, 1.82) is 0 Å². The van der Waals surface area contributed by atoms with Gasteiger partial charge >= 0.3 is 0 Å². The Balaban J connectivity index is 1.55. The van der Waals surface area contributed by atoms with Crippen LogP contribution >= 0.6 is 23.2 Å². The third-order valence-corrected chi connectivity index (χ3v) is 5.61. The highest BCUT2D eigenvalue weighted by atomic mass is 35.5. The van der Waals surface area contributed by atoms with Crippen LogP contribution in [0.3, 0.4) is 0 Å². The number of carboxylic acids is 1. The van der Waals surface area contributed by atoms with Gasteiger partial charge in [0.25, 0.3) is 0 Å². The van der Waals surface area contributed by atoms with Gasteiger partial charge in [-0.15, -0.1) is 0 Å². The van der Waals surface area contributed by atoms with Crippen LogP contribution in [-0.2, 0) is 17.6 Å². The molecule has 0 saturated carbocycles. The van der Waals surface area contributed by atoms with Crippen LogP contribution < -0.4 is 16.2 Å². The Morgan fingerprint density at radius 2 is 1.67 bits per heavy atom. The Hall–Kier alpha value is -1.79. The number of benzene rings is 2. The van der Waals surface area contributed by atoms with E-state index in [1.54, 1.807) is 12.1 Å². The number of hydrogen-bond donors (Lipinski definition) is 3. The zero-order chi connectivity index (χ0) is 21.9. The van der Waals surface area contributed by atoms with Gasteiger partial charge in [0.1, 0.15) is 0 Å². The van der Waals surface area contributed by atoms with Gasteiger partial charge in [-0.3, -0.25) is 0 Å². The van der Waals surface area contributed by atoms with Crippen LogP contribution in [0.1, 0.15) is 54.9 Å². The summed E-state index contributed by atoms with van der Waals surface area (Å²) in [7, 11) is 0. The van der Waals surface area contributed by atoms with E-state index in [4.69, 9.17) is 28.9 Å². The lowest BCUT2D eigenvalue weighted by atomic mass is 10.0. The van der Waals surface area contributed by atoms with Gasteiger partial charge in [-0.25, -0.2) is 0 Å². The number of carbonyl (C=O) groups is 1. The summed E-state index contributed by atoms with van der Waals surface area (Å²) in [5.41, 5.74) is 8.66. The first-order valence-corrected chi connectivity index (χ1v) is 11.0. The van der Waals surface area contributed by atoms with Crippen LogP contribution in [0.2, 0.25) is 10.0 Å². The van der Waals surface area contributed by atoms with E-state index < -0.39 is 12.1 Å². The molecule has 0 fully saturated rings. The van der Waals surface area contributed by atoms with E-state index in [9.17, 15) is 15.0 Å². The molecule has 0 radical (unpaired) electrons. The molecule has 1 atom stereocenters. The summed E-state index contributed by atoms with van der Waals surface area (Å²) >= 11 is 12.0. The normalized spacial score (nSPS) is 12.1. The van der Waals surface area contributed by atoms with Crippen molar-refractivity contribution in [1.82, 2.24) is 5.32 Å². The number of aliphatic hydroxyl groups is 1. The van der Waals surface area contributed by atoms with E-state index in [0.29, 0.717) is 27.8 Å². The van der Waals surface area contributed by atoms with Crippen molar-refractivity contribution in [2.24, 2.45) is 0 Å². The average Bonchev–Trinajstić information content (AvgIpc) is 2.70. The second kappa shape index (κ2) is 12.8. The van der Waals surface area contributed by atoms with Crippen molar-refractivity contribution in [3.8, 4) is 0 Å². The number of aryl methyl sites for hydroxylation is 1. The molecule has 5 nitrogen and oxygen atoms in total. The zero-order valence-corrected chi connectivity index (χ0v) is 18.5. The van der Waals surface area contributed by atoms with E-state index in [0.717, 1.165) is 50.6 Å². The molecule has 0 aliphatic carbocycles. The lowest BCUT2D eigenvalue weighted by Crippen LogP contribution is -2.24. The van der Waals surface area contributed by atoms with Crippen LogP contribution in [0.25, 0.3) is 0 Å². The van der Waals surface area contributed by atoms with E-state index in [1.165, 1.54) is 5.56 Å². The van der Waals surface area contributed by atoms with E-state index in [1.807, 2.05) is 24.3 Å². The fraction of sp³-hybridized carbons (Fsp3) is 0.435. The van der Waals surface area contributed by atoms with Gasteiger partial charge in [0, 0.05) is 18.9 Å². The van der Waals surface area contributed by atoms with Gasteiger partial charge < -0.3 is 26.1 Å². The predicted octanol–water partition coefficient (Wildman–Crippen LogP) is 3.68. The van der Waals surface area contributed by atoms with Crippen LogP contribution in [0, 0.1) is 0 Å². The zero-order valence-electron chi connectivity index (χ0n) is 17.0. The van der Waals surface area contributed by atoms with Crippen molar-refractivity contribution in [3.63, 3.8) is 0 Å². The summed E-state index contributed by atoms with van der Waals surface area (Å²) in [5.74, 6) is -1.05. The minimum atomic E-state index is -1.05. The lowest BCUT2D eigenvalue weighted by Gasteiger charge is -2.14. The molecule has 0 bridgehead atoms. The molecule has 1 unspecified atom stereocenters. The first kappa shape index (κ1) is 24.5. The average molecular weight is 452 g/mol. The number of hydrogen-bond acceptors (Lipinski definition) is 5. The third kappa shape index (κ3) is 8.52. The molecular weight excluding hydrogens is 423 g/mol. The molecule has 0 aliphatic heterocycles. The third-order valence-electron chi connectivity index (χ3n) is 4.98. The van der Waals surface area contributed by atoms with Crippen molar-refractivity contribution >= 4 is 34.9 Å². The van der Waals surface area contributed by atoms with Gasteiger partial charge in [0.15, 0.2) is 0 Å². The molecule has 0 aliphatic rings. The SMILES string of the molecule is Nc1c(Cl)cc(C(O)CNCCCCCCCc2cccc(CC(=O)[O-])c2)cc1Cl. The van der Waals surface area contributed by atoms with Gasteiger partial charge in [-0.05, 0) is 54.6 Å². The standard InChI is InChI=1S/C23H30Cl2N2O3/c24-19-13-18(14-20(25)23(19)26)21(28)15-27-10-5-3-1-2-4-7-16-8-6-9-17(11-16)12-22(29)30/h6,8-9,11,13-14,21,27-28H,1-5,7,10,12,15,26H2,(H,29,30)/p-1. The van der Waals surface area contributed by atoms with Gasteiger partial charge in [-0.1, -0.05) is 66.7 Å². The number of halogens is 2. The number of nitrogen functional groups attached to an aromatic ring is 1. The monoisotopic (exact) mass is 451 g/mol. The summed E-state index contributed by atoms with van der Waals surface area (Å²) in [6.07, 6.45) is 5.76. The molecule has 0 heterocycles. The number of carbonyl (C=O) groups excluding carboxylic acids is 1. The van der Waals surface area contributed by atoms with E-state index >= 15 is 0 Å². The highest BCUT2D eigenvalue weighted by molar-refractivity contribution is 6.38. The Kier molecular flexibility index (Phi) is 10.4. The first-order valence-electron chi connectivity index (χ1n) is 10.3. The Morgan fingerprint density at radius 1 is 1.03 bits per heavy atom. The topological polar surface area (TPSA) is 98.4 Å². The quantitative estimate of drug-likeness (QED) is 0.318. The van der Waals surface area contributed by atoms with Crippen molar-refractivity contribution in [2.75, 3.05) is 18.8 Å². The van der Waals surface area contributed by atoms with Crippen molar-refractivity contribution in [2.45, 2.75) is 51.0 Å². The van der Waals surface area contributed by atoms with Crippen LogP contribution in [0.15, 0.2) is 36.4 Å². The molecule has 0 amide bonds. The summed E-state index contributed by atoms with van der Waals surface area (Å²) in [5, 5.41) is 24.9.